The normalized spacial score (nSPS) is 17.7. The van der Waals surface area contributed by atoms with Crippen LogP contribution in [0.1, 0.15) is 17.2 Å². The molecule has 3 aromatic rings. The van der Waals surface area contributed by atoms with Gasteiger partial charge in [-0.15, -0.1) is 0 Å². The third-order valence-corrected chi connectivity index (χ3v) is 5.27. The number of nitro groups is 1. The number of carbonyl (C=O) groups is 2. The van der Waals surface area contributed by atoms with Gasteiger partial charge in [0.1, 0.15) is 5.76 Å². The lowest BCUT2D eigenvalue weighted by molar-refractivity contribution is -0.384. The highest BCUT2D eigenvalue weighted by Gasteiger charge is 2.47. The van der Waals surface area contributed by atoms with Crippen LogP contribution in [0.3, 0.4) is 0 Å². The summed E-state index contributed by atoms with van der Waals surface area (Å²) in [4.78, 5) is 37.7. The van der Waals surface area contributed by atoms with Crippen LogP contribution in [0.5, 0.6) is 0 Å². The highest BCUT2D eigenvalue weighted by atomic mass is 35.5. The van der Waals surface area contributed by atoms with Gasteiger partial charge >= 0.3 is 0 Å². The Morgan fingerprint density at radius 2 is 1.55 bits per heavy atom. The monoisotopic (exact) mass is 434 g/mol. The minimum Gasteiger partial charge on any atom is -0.507 e. The van der Waals surface area contributed by atoms with Gasteiger partial charge < -0.3 is 5.11 Å². The predicted octanol–water partition coefficient (Wildman–Crippen LogP) is 4.87. The summed E-state index contributed by atoms with van der Waals surface area (Å²) < 4.78 is 0. The van der Waals surface area contributed by atoms with Crippen molar-refractivity contribution in [3.8, 4) is 0 Å². The van der Waals surface area contributed by atoms with Crippen LogP contribution in [0.25, 0.3) is 5.76 Å². The zero-order chi connectivity index (χ0) is 22.1. The van der Waals surface area contributed by atoms with Crippen LogP contribution in [-0.2, 0) is 9.59 Å². The summed E-state index contributed by atoms with van der Waals surface area (Å²) in [6, 6.07) is 19.3. The minimum atomic E-state index is -0.959. The van der Waals surface area contributed by atoms with E-state index < -0.39 is 22.7 Å². The van der Waals surface area contributed by atoms with Crippen molar-refractivity contribution in [1.82, 2.24) is 0 Å². The molecule has 0 spiro atoms. The quantitative estimate of drug-likeness (QED) is 0.207. The third kappa shape index (κ3) is 3.67. The molecule has 154 valence electrons. The molecule has 3 aromatic carbocycles. The second kappa shape index (κ2) is 8.04. The van der Waals surface area contributed by atoms with Gasteiger partial charge in [0.15, 0.2) is 0 Å². The number of benzene rings is 3. The molecule has 1 N–H and O–H groups in total. The smallest absolute Gasteiger partial charge is 0.300 e. The first-order valence-electron chi connectivity index (χ1n) is 9.25. The summed E-state index contributed by atoms with van der Waals surface area (Å²) in [5, 5.41) is 22.5. The molecule has 31 heavy (non-hydrogen) atoms. The lowest BCUT2D eigenvalue weighted by Crippen LogP contribution is -2.29. The molecule has 0 aliphatic carbocycles. The van der Waals surface area contributed by atoms with E-state index in [0.29, 0.717) is 21.8 Å². The van der Waals surface area contributed by atoms with Gasteiger partial charge in [0.05, 0.1) is 16.5 Å². The number of carbonyl (C=O) groups excluding carboxylic acids is 2. The average molecular weight is 435 g/mol. The van der Waals surface area contributed by atoms with Crippen molar-refractivity contribution >= 4 is 40.4 Å². The van der Waals surface area contributed by atoms with Gasteiger partial charge in [-0.3, -0.25) is 24.6 Å². The van der Waals surface area contributed by atoms with E-state index in [1.807, 2.05) is 0 Å². The average Bonchev–Trinajstić information content (AvgIpc) is 3.05. The summed E-state index contributed by atoms with van der Waals surface area (Å²) >= 11 is 5.91. The molecule has 7 nitrogen and oxygen atoms in total. The number of amides is 1. The number of hydrogen-bond acceptors (Lipinski definition) is 5. The van der Waals surface area contributed by atoms with Crippen LogP contribution in [0.2, 0.25) is 5.02 Å². The number of hydrogen-bond donors (Lipinski definition) is 1. The molecule has 1 atom stereocenters. The molecule has 1 heterocycles. The number of para-hydroxylation sites is 1. The fourth-order valence-electron chi connectivity index (χ4n) is 3.54. The molecule has 0 saturated carbocycles. The molecule has 0 bridgehead atoms. The maximum absolute atomic E-state index is 13.0. The van der Waals surface area contributed by atoms with Crippen molar-refractivity contribution in [2.45, 2.75) is 6.04 Å². The number of aliphatic hydroxyl groups is 1. The predicted molar refractivity (Wildman–Crippen MR) is 116 cm³/mol. The summed E-state index contributed by atoms with van der Waals surface area (Å²) in [5.74, 6) is -2.00. The number of nitrogens with zero attached hydrogens (tertiary/aromatic N) is 2. The second-order valence-electron chi connectivity index (χ2n) is 6.86. The summed E-state index contributed by atoms with van der Waals surface area (Å²) in [6.07, 6.45) is 0. The van der Waals surface area contributed by atoms with Gasteiger partial charge in [-0.05, 0) is 54.1 Å². The molecular formula is C23H15ClN2O5. The van der Waals surface area contributed by atoms with E-state index in [1.54, 1.807) is 54.6 Å². The lowest BCUT2D eigenvalue weighted by Gasteiger charge is -2.25. The molecule has 0 radical (unpaired) electrons. The number of halogens is 1. The van der Waals surface area contributed by atoms with Gasteiger partial charge in [0.25, 0.3) is 17.4 Å². The Labute approximate surface area is 182 Å². The number of aliphatic hydroxyl groups excluding tert-OH is 1. The van der Waals surface area contributed by atoms with Gasteiger partial charge in [0, 0.05) is 28.4 Å². The van der Waals surface area contributed by atoms with Crippen molar-refractivity contribution in [3.63, 3.8) is 0 Å². The minimum absolute atomic E-state index is 0.106. The van der Waals surface area contributed by atoms with E-state index in [4.69, 9.17) is 11.6 Å². The Kier molecular flexibility index (Phi) is 5.27. The molecule has 0 aromatic heterocycles. The summed E-state index contributed by atoms with van der Waals surface area (Å²) in [7, 11) is 0. The van der Waals surface area contributed by atoms with E-state index in [2.05, 4.69) is 0 Å². The molecule has 8 heteroatoms. The Balaban J connectivity index is 1.92. The number of ketones is 1. The van der Waals surface area contributed by atoms with Crippen molar-refractivity contribution in [3.05, 3.63) is 111 Å². The van der Waals surface area contributed by atoms with E-state index >= 15 is 0 Å². The van der Waals surface area contributed by atoms with Gasteiger partial charge in [-0.1, -0.05) is 29.8 Å². The molecule has 1 saturated heterocycles. The zero-order valence-corrected chi connectivity index (χ0v) is 16.7. The topological polar surface area (TPSA) is 101 Å². The Morgan fingerprint density at radius 1 is 0.935 bits per heavy atom. The highest BCUT2D eigenvalue weighted by molar-refractivity contribution is 6.51. The van der Waals surface area contributed by atoms with Gasteiger partial charge in [0.2, 0.25) is 0 Å². The molecule has 1 amide bonds. The zero-order valence-electron chi connectivity index (χ0n) is 15.9. The van der Waals surface area contributed by atoms with Crippen molar-refractivity contribution in [2.75, 3.05) is 4.90 Å². The Bertz CT molecular complexity index is 1200. The molecule has 1 aliphatic heterocycles. The van der Waals surface area contributed by atoms with Crippen LogP contribution < -0.4 is 4.90 Å². The Morgan fingerprint density at radius 3 is 2.13 bits per heavy atom. The van der Waals surface area contributed by atoms with Crippen LogP contribution in [0, 0.1) is 10.1 Å². The number of nitro benzene ring substituents is 1. The highest BCUT2D eigenvalue weighted by Crippen LogP contribution is 2.42. The van der Waals surface area contributed by atoms with Gasteiger partial charge in [-0.25, -0.2) is 0 Å². The van der Waals surface area contributed by atoms with Crippen molar-refractivity contribution in [1.29, 1.82) is 0 Å². The molecule has 1 fully saturated rings. The molecule has 1 aliphatic rings. The van der Waals surface area contributed by atoms with E-state index in [0.717, 1.165) is 0 Å². The molecular weight excluding hydrogens is 420 g/mol. The first-order valence-corrected chi connectivity index (χ1v) is 9.62. The number of non-ortho nitro benzene ring substituents is 1. The van der Waals surface area contributed by atoms with E-state index in [-0.39, 0.29) is 17.0 Å². The fourth-order valence-corrected chi connectivity index (χ4v) is 3.67. The number of Topliss-reactive ketones (excluding diaryl/α,β-unsaturated/α-hetero) is 1. The largest absolute Gasteiger partial charge is 0.507 e. The maximum atomic E-state index is 13.0. The fraction of sp³-hybridized carbons (Fsp3) is 0.0435. The standard InChI is InChI=1S/C23H15ClN2O5/c24-16-10-6-15(7-11-16)21(27)19-20(14-8-12-18(13-9-14)26(30)31)25(23(29)22(19)28)17-4-2-1-3-5-17/h1-13,20,27H/b21-19+/t20-/m1/s1. The van der Waals surface area contributed by atoms with Crippen LogP contribution >= 0.6 is 11.6 Å². The molecule has 0 unspecified atom stereocenters. The van der Waals surface area contributed by atoms with Crippen LogP contribution in [0.4, 0.5) is 11.4 Å². The van der Waals surface area contributed by atoms with Crippen molar-refractivity contribution < 1.29 is 19.6 Å². The first-order chi connectivity index (χ1) is 14.9. The summed E-state index contributed by atoms with van der Waals surface area (Å²) in [6.45, 7) is 0. The number of anilines is 1. The van der Waals surface area contributed by atoms with Crippen LogP contribution in [0.15, 0.2) is 84.4 Å². The third-order valence-electron chi connectivity index (χ3n) is 5.02. The first kappa shape index (κ1) is 20.3. The Hall–Kier alpha value is -3.97. The number of rotatable bonds is 4. The van der Waals surface area contributed by atoms with Gasteiger partial charge in [-0.2, -0.15) is 0 Å². The van der Waals surface area contributed by atoms with E-state index in [9.17, 15) is 24.8 Å². The van der Waals surface area contributed by atoms with Crippen molar-refractivity contribution in [2.24, 2.45) is 0 Å². The maximum Gasteiger partial charge on any atom is 0.300 e. The summed E-state index contributed by atoms with van der Waals surface area (Å²) in [5.41, 5.74) is 0.998. The van der Waals surface area contributed by atoms with Crippen LogP contribution in [-0.4, -0.2) is 21.7 Å². The van der Waals surface area contributed by atoms with E-state index in [1.165, 1.54) is 29.2 Å². The molecule has 4 rings (SSSR count). The lowest BCUT2D eigenvalue weighted by atomic mass is 9.95. The second-order valence-corrected chi connectivity index (χ2v) is 7.30. The SMILES string of the molecule is O=C1C(=O)N(c2ccccc2)[C@H](c2ccc([N+](=O)[O-])cc2)/C1=C(\O)c1ccc(Cl)cc1.